The average Bonchev–Trinajstić information content (AvgIpc) is 2.45. The van der Waals surface area contributed by atoms with Gasteiger partial charge in [-0.15, -0.1) is 23.5 Å². The van der Waals surface area contributed by atoms with E-state index in [0.717, 1.165) is 11.5 Å². The maximum Gasteiger partial charge on any atom is 0.0595 e. The molecule has 2 rings (SSSR count). The number of rotatable bonds is 4. The van der Waals surface area contributed by atoms with Gasteiger partial charge in [-0.2, -0.15) is 0 Å². The van der Waals surface area contributed by atoms with Gasteiger partial charge in [-0.1, -0.05) is 48.2 Å². The van der Waals surface area contributed by atoms with E-state index < -0.39 is 0 Å². The van der Waals surface area contributed by atoms with Crippen molar-refractivity contribution in [2.75, 3.05) is 11.5 Å². The van der Waals surface area contributed by atoms with Crippen molar-refractivity contribution < 1.29 is 0 Å². The van der Waals surface area contributed by atoms with E-state index in [-0.39, 0.29) is 0 Å². The Labute approximate surface area is 117 Å². The minimum absolute atomic E-state index is 0.860. The molecule has 0 heterocycles. The molecule has 18 heavy (non-hydrogen) atoms. The van der Waals surface area contributed by atoms with Crippen molar-refractivity contribution >= 4 is 23.5 Å². The lowest BCUT2D eigenvalue weighted by atomic mass is 10.4. The van der Waals surface area contributed by atoms with Crippen LogP contribution in [0.5, 0.6) is 0 Å². The van der Waals surface area contributed by atoms with E-state index in [1.165, 1.54) is 9.79 Å². The molecule has 90 valence electrons. The predicted octanol–water partition coefficient (Wildman–Crippen LogP) is 4.57. The SMILES string of the molecule is C(#CCSc1ccccc1)CSc1ccccc1. The zero-order valence-corrected chi connectivity index (χ0v) is 11.6. The molecule has 0 amide bonds. The lowest BCUT2D eigenvalue weighted by molar-refractivity contribution is 1.46. The molecule has 0 bridgehead atoms. The average molecular weight is 270 g/mol. The fourth-order valence-electron chi connectivity index (χ4n) is 1.37. The number of hydrogen-bond acceptors (Lipinski definition) is 2. The second kappa shape index (κ2) is 7.92. The molecular formula is C16H14S2. The Kier molecular flexibility index (Phi) is 5.78. The van der Waals surface area contributed by atoms with Gasteiger partial charge in [0.1, 0.15) is 0 Å². The Bertz CT molecular complexity index is 462. The van der Waals surface area contributed by atoms with Crippen LogP contribution in [0.1, 0.15) is 0 Å². The topological polar surface area (TPSA) is 0 Å². The van der Waals surface area contributed by atoms with E-state index in [0.29, 0.717) is 0 Å². The molecule has 0 aliphatic heterocycles. The summed E-state index contributed by atoms with van der Waals surface area (Å²) in [6.45, 7) is 0. The molecule has 2 aromatic rings. The summed E-state index contributed by atoms with van der Waals surface area (Å²) in [5.41, 5.74) is 0. The summed E-state index contributed by atoms with van der Waals surface area (Å²) in [7, 11) is 0. The molecule has 2 heteroatoms. The summed E-state index contributed by atoms with van der Waals surface area (Å²) in [5.74, 6) is 8.11. The molecule has 0 saturated heterocycles. The first-order valence-electron chi connectivity index (χ1n) is 5.76. The molecule has 0 saturated carbocycles. The van der Waals surface area contributed by atoms with Gasteiger partial charge >= 0.3 is 0 Å². The van der Waals surface area contributed by atoms with E-state index >= 15 is 0 Å². The normalized spacial score (nSPS) is 9.56. The molecule has 0 aromatic heterocycles. The first-order chi connectivity index (χ1) is 8.95. The van der Waals surface area contributed by atoms with Gasteiger partial charge in [0.15, 0.2) is 0 Å². The lowest BCUT2D eigenvalue weighted by Gasteiger charge is -1.95. The third-order valence-electron chi connectivity index (χ3n) is 2.23. The van der Waals surface area contributed by atoms with Crippen LogP contribution in [0.4, 0.5) is 0 Å². The molecule has 0 aliphatic carbocycles. The highest BCUT2D eigenvalue weighted by Crippen LogP contribution is 2.17. The van der Waals surface area contributed by atoms with Crippen LogP contribution in [0, 0.1) is 11.8 Å². The van der Waals surface area contributed by atoms with Crippen LogP contribution >= 0.6 is 23.5 Å². The smallest absolute Gasteiger partial charge is 0.0595 e. The van der Waals surface area contributed by atoms with Crippen molar-refractivity contribution in [3.63, 3.8) is 0 Å². The highest BCUT2D eigenvalue weighted by atomic mass is 32.2. The maximum atomic E-state index is 3.20. The van der Waals surface area contributed by atoms with Gasteiger partial charge < -0.3 is 0 Å². The van der Waals surface area contributed by atoms with Crippen molar-refractivity contribution in [3.8, 4) is 11.8 Å². The monoisotopic (exact) mass is 270 g/mol. The van der Waals surface area contributed by atoms with E-state index in [1.807, 2.05) is 12.1 Å². The highest BCUT2D eigenvalue weighted by molar-refractivity contribution is 7.99. The van der Waals surface area contributed by atoms with Crippen molar-refractivity contribution in [3.05, 3.63) is 60.7 Å². The Morgan fingerprint density at radius 1 is 0.611 bits per heavy atom. The van der Waals surface area contributed by atoms with E-state index in [2.05, 4.69) is 60.4 Å². The molecule has 0 nitrogen and oxygen atoms in total. The van der Waals surface area contributed by atoms with E-state index in [9.17, 15) is 0 Å². The number of hydrogen-bond donors (Lipinski definition) is 0. The maximum absolute atomic E-state index is 3.20. The molecule has 0 spiro atoms. The molecular weight excluding hydrogens is 256 g/mol. The third kappa shape index (κ3) is 4.91. The predicted molar refractivity (Wildman–Crippen MR) is 82.1 cm³/mol. The Morgan fingerprint density at radius 3 is 1.39 bits per heavy atom. The summed E-state index contributed by atoms with van der Waals surface area (Å²) in [6.07, 6.45) is 0. The van der Waals surface area contributed by atoms with Gasteiger partial charge in [-0.25, -0.2) is 0 Å². The molecule has 0 unspecified atom stereocenters. The molecule has 0 radical (unpaired) electrons. The first-order valence-corrected chi connectivity index (χ1v) is 7.74. The molecule has 0 aliphatic rings. The minimum Gasteiger partial charge on any atom is -0.113 e. The summed E-state index contributed by atoms with van der Waals surface area (Å²) in [5, 5.41) is 0. The van der Waals surface area contributed by atoms with Gasteiger partial charge in [0.2, 0.25) is 0 Å². The van der Waals surface area contributed by atoms with E-state index in [1.54, 1.807) is 23.5 Å². The van der Waals surface area contributed by atoms with Gasteiger partial charge in [0.25, 0.3) is 0 Å². The van der Waals surface area contributed by atoms with Crippen LogP contribution in [-0.4, -0.2) is 11.5 Å². The fourth-order valence-corrected chi connectivity index (χ4v) is 2.76. The first kappa shape index (κ1) is 13.1. The minimum atomic E-state index is 0.860. The molecule has 0 atom stereocenters. The van der Waals surface area contributed by atoms with Crippen LogP contribution in [-0.2, 0) is 0 Å². The third-order valence-corrected chi connectivity index (χ3v) is 4.02. The van der Waals surface area contributed by atoms with Gasteiger partial charge in [-0.3, -0.25) is 0 Å². The van der Waals surface area contributed by atoms with Crippen LogP contribution in [0.15, 0.2) is 70.5 Å². The molecule has 0 fully saturated rings. The van der Waals surface area contributed by atoms with Gasteiger partial charge in [0.05, 0.1) is 11.5 Å². The lowest BCUT2D eigenvalue weighted by Crippen LogP contribution is -1.76. The van der Waals surface area contributed by atoms with Crippen LogP contribution < -0.4 is 0 Å². The van der Waals surface area contributed by atoms with Crippen LogP contribution in [0.3, 0.4) is 0 Å². The van der Waals surface area contributed by atoms with E-state index in [4.69, 9.17) is 0 Å². The largest absolute Gasteiger partial charge is 0.113 e. The van der Waals surface area contributed by atoms with Crippen molar-refractivity contribution in [2.24, 2.45) is 0 Å². The van der Waals surface area contributed by atoms with Crippen molar-refractivity contribution in [2.45, 2.75) is 9.79 Å². The molecule has 0 N–H and O–H groups in total. The van der Waals surface area contributed by atoms with Crippen LogP contribution in [0.2, 0.25) is 0 Å². The quantitative estimate of drug-likeness (QED) is 0.589. The number of benzene rings is 2. The van der Waals surface area contributed by atoms with Gasteiger partial charge in [0, 0.05) is 9.79 Å². The summed E-state index contributed by atoms with van der Waals surface area (Å²) >= 11 is 3.57. The van der Waals surface area contributed by atoms with Crippen molar-refractivity contribution in [1.82, 2.24) is 0 Å². The Morgan fingerprint density at radius 2 is 1.00 bits per heavy atom. The second-order valence-corrected chi connectivity index (χ2v) is 5.65. The molecule has 2 aromatic carbocycles. The Balaban J connectivity index is 1.68. The zero-order valence-electron chi connectivity index (χ0n) is 10.0. The summed E-state index contributed by atoms with van der Waals surface area (Å²) < 4.78 is 0. The van der Waals surface area contributed by atoms with Crippen molar-refractivity contribution in [1.29, 1.82) is 0 Å². The zero-order chi connectivity index (χ0) is 12.5. The second-order valence-electron chi connectivity index (χ2n) is 3.56. The Hall–Kier alpha value is -1.30. The summed E-state index contributed by atoms with van der Waals surface area (Å²) in [4.78, 5) is 2.56. The summed E-state index contributed by atoms with van der Waals surface area (Å²) in [6, 6.07) is 20.8. The highest BCUT2D eigenvalue weighted by Gasteiger charge is 1.89. The fraction of sp³-hybridized carbons (Fsp3) is 0.125. The van der Waals surface area contributed by atoms with Gasteiger partial charge in [-0.05, 0) is 24.3 Å². The number of thioether (sulfide) groups is 2. The van der Waals surface area contributed by atoms with Crippen LogP contribution in [0.25, 0.3) is 0 Å². The standard InChI is InChI=1S/C16H14S2/c1-3-9-15(10-4-1)17-13-7-8-14-18-16-11-5-2-6-12-16/h1-6,9-12H,13-14H2.